The van der Waals surface area contributed by atoms with E-state index in [-0.39, 0.29) is 22.6 Å². The van der Waals surface area contributed by atoms with Crippen molar-refractivity contribution in [2.24, 2.45) is 5.92 Å². The second-order valence-corrected chi connectivity index (χ2v) is 7.80. The number of sulfonamides is 1. The van der Waals surface area contributed by atoms with E-state index in [0.717, 1.165) is 12.8 Å². The first-order chi connectivity index (χ1) is 9.36. The Hall–Kier alpha value is -0.620. The van der Waals surface area contributed by atoms with Crippen LogP contribution in [0.15, 0.2) is 23.1 Å². The molecule has 0 bridgehead atoms. The molecule has 2 unspecified atom stereocenters. The van der Waals surface area contributed by atoms with Crippen molar-refractivity contribution in [1.82, 2.24) is 4.31 Å². The third-order valence-corrected chi connectivity index (χ3v) is 6.24. The molecule has 0 amide bonds. The van der Waals surface area contributed by atoms with Crippen LogP contribution in [0.5, 0.6) is 0 Å². The number of hydrogen-bond donors (Lipinski definition) is 1. The van der Waals surface area contributed by atoms with E-state index >= 15 is 0 Å². The topological polar surface area (TPSA) is 57.6 Å². The molecule has 1 N–H and O–H groups in total. The van der Waals surface area contributed by atoms with Crippen LogP contribution in [0.4, 0.5) is 0 Å². The third-order valence-electron chi connectivity index (χ3n) is 3.88. The van der Waals surface area contributed by atoms with E-state index in [1.165, 1.54) is 12.1 Å². The molecule has 1 aromatic rings. The predicted octanol–water partition coefficient (Wildman–Crippen LogP) is 2.64. The minimum Gasteiger partial charge on any atom is -0.392 e. The van der Waals surface area contributed by atoms with Crippen LogP contribution in [0.1, 0.15) is 32.3 Å². The number of rotatable bonds is 3. The van der Waals surface area contributed by atoms with E-state index in [2.05, 4.69) is 6.92 Å². The Balaban J connectivity index is 2.33. The molecule has 0 radical (unpaired) electrons. The Kier molecular flexibility index (Phi) is 4.74. The van der Waals surface area contributed by atoms with E-state index in [9.17, 15) is 8.42 Å². The smallest absolute Gasteiger partial charge is 0.243 e. The minimum atomic E-state index is -3.51. The van der Waals surface area contributed by atoms with Crippen LogP contribution in [0.2, 0.25) is 5.02 Å². The zero-order chi connectivity index (χ0) is 14.9. The minimum absolute atomic E-state index is 0.0000406. The Bertz CT molecular complexity index is 588. The molecule has 6 heteroatoms. The summed E-state index contributed by atoms with van der Waals surface area (Å²) in [7, 11) is -3.51. The van der Waals surface area contributed by atoms with Crippen LogP contribution in [0.3, 0.4) is 0 Å². The summed E-state index contributed by atoms with van der Waals surface area (Å²) in [6.07, 6.45) is 1.76. The molecule has 1 aromatic carbocycles. The van der Waals surface area contributed by atoms with E-state index in [1.807, 2.05) is 6.92 Å². The average Bonchev–Trinajstić information content (AvgIpc) is 2.38. The molecule has 20 heavy (non-hydrogen) atoms. The fourth-order valence-corrected chi connectivity index (χ4v) is 4.68. The van der Waals surface area contributed by atoms with Gasteiger partial charge in [0.15, 0.2) is 0 Å². The van der Waals surface area contributed by atoms with Crippen LogP contribution in [-0.4, -0.2) is 30.4 Å². The van der Waals surface area contributed by atoms with Crippen molar-refractivity contribution in [3.8, 4) is 0 Å². The fourth-order valence-electron chi connectivity index (χ4n) is 2.69. The average molecular weight is 318 g/mol. The van der Waals surface area contributed by atoms with Crippen LogP contribution < -0.4 is 0 Å². The highest BCUT2D eigenvalue weighted by atomic mass is 35.5. The van der Waals surface area contributed by atoms with Gasteiger partial charge in [0.1, 0.15) is 0 Å². The van der Waals surface area contributed by atoms with Gasteiger partial charge in [0.2, 0.25) is 10.0 Å². The van der Waals surface area contributed by atoms with Crippen molar-refractivity contribution in [3.05, 3.63) is 28.8 Å². The van der Waals surface area contributed by atoms with Crippen LogP contribution in [-0.2, 0) is 16.6 Å². The Morgan fingerprint density at radius 1 is 1.40 bits per heavy atom. The highest BCUT2D eigenvalue weighted by molar-refractivity contribution is 7.89. The molecule has 0 aliphatic carbocycles. The number of halogens is 1. The van der Waals surface area contributed by atoms with Gasteiger partial charge in [0.25, 0.3) is 0 Å². The van der Waals surface area contributed by atoms with Gasteiger partial charge in [-0.25, -0.2) is 8.42 Å². The van der Waals surface area contributed by atoms with Gasteiger partial charge in [0, 0.05) is 17.6 Å². The van der Waals surface area contributed by atoms with E-state index < -0.39 is 10.0 Å². The summed E-state index contributed by atoms with van der Waals surface area (Å²) in [6.45, 7) is 4.44. The van der Waals surface area contributed by atoms with Gasteiger partial charge < -0.3 is 5.11 Å². The molecular weight excluding hydrogens is 298 g/mol. The molecule has 4 nitrogen and oxygen atoms in total. The first-order valence-electron chi connectivity index (χ1n) is 6.77. The van der Waals surface area contributed by atoms with E-state index in [0.29, 0.717) is 18.0 Å². The molecule has 2 atom stereocenters. The maximum atomic E-state index is 12.7. The second kappa shape index (κ2) is 6.02. The normalized spacial score (nSPS) is 24.8. The van der Waals surface area contributed by atoms with Gasteiger partial charge >= 0.3 is 0 Å². The monoisotopic (exact) mass is 317 g/mol. The van der Waals surface area contributed by atoms with E-state index in [4.69, 9.17) is 16.7 Å². The predicted molar refractivity (Wildman–Crippen MR) is 79.1 cm³/mol. The Morgan fingerprint density at radius 2 is 2.10 bits per heavy atom. The highest BCUT2D eigenvalue weighted by Crippen LogP contribution is 2.29. The molecule has 112 valence electrons. The quantitative estimate of drug-likeness (QED) is 0.932. The SMILES string of the molecule is CC1CCN(S(=O)(=O)c2ccc(CO)c(Cl)c2)C(C)C1. The van der Waals surface area contributed by atoms with Crippen molar-refractivity contribution in [3.63, 3.8) is 0 Å². The lowest BCUT2D eigenvalue weighted by atomic mass is 9.95. The number of piperidine rings is 1. The number of aliphatic hydroxyl groups excluding tert-OH is 1. The second-order valence-electron chi connectivity index (χ2n) is 5.51. The molecule has 1 aliphatic heterocycles. The summed E-state index contributed by atoms with van der Waals surface area (Å²) in [5.74, 6) is 0.553. The van der Waals surface area contributed by atoms with Gasteiger partial charge in [-0.15, -0.1) is 0 Å². The zero-order valence-corrected chi connectivity index (χ0v) is 13.3. The lowest BCUT2D eigenvalue weighted by Crippen LogP contribution is -2.44. The fraction of sp³-hybridized carbons (Fsp3) is 0.571. The number of benzene rings is 1. The van der Waals surface area contributed by atoms with Crippen molar-refractivity contribution in [2.45, 2.75) is 44.2 Å². The number of aliphatic hydroxyl groups is 1. The maximum Gasteiger partial charge on any atom is 0.243 e. The summed E-state index contributed by atoms with van der Waals surface area (Å²) in [5.41, 5.74) is 0.533. The summed E-state index contributed by atoms with van der Waals surface area (Å²) in [5, 5.41) is 9.37. The van der Waals surface area contributed by atoms with Gasteiger partial charge in [-0.1, -0.05) is 24.6 Å². The van der Waals surface area contributed by atoms with Crippen LogP contribution in [0, 0.1) is 5.92 Å². The molecule has 2 rings (SSSR count). The molecule has 1 heterocycles. The summed E-state index contributed by atoms with van der Waals surface area (Å²) < 4.78 is 26.9. The summed E-state index contributed by atoms with van der Waals surface area (Å²) in [4.78, 5) is 0.195. The maximum absolute atomic E-state index is 12.7. The van der Waals surface area contributed by atoms with E-state index in [1.54, 1.807) is 10.4 Å². The van der Waals surface area contributed by atoms with Crippen molar-refractivity contribution in [2.75, 3.05) is 6.54 Å². The Labute approximate surface area is 125 Å². The number of nitrogens with zero attached hydrogens (tertiary/aromatic N) is 1. The Morgan fingerprint density at radius 3 is 2.65 bits per heavy atom. The molecule has 0 saturated carbocycles. The van der Waals surface area contributed by atoms with Gasteiger partial charge in [-0.3, -0.25) is 0 Å². The van der Waals surface area contributed by atoms with Gasteiger partial charge in [-0.05, 0) is 43.4 Å². The molecular formula is C14H20ClNO3S. The van der Waals surface area contributed by atoms with Crippen LogP contribution >= 0.6 is 11.6 Å². The summed E-state index contributed by atoms with van der Waals surface area (Å²) >= 11 is 5.99. The van der Waals surface area contributed by atoms with Gasteiger partial charge in [-0.2, -0.15) is 4.31 Å². The largest absolute Gasteiger partial charge is 0.392 e. The zero-order valence-electron chi connectivity index (χ0n) is 11.7. The molecule has 1 fully saturated rings. The molecule has 1 saturated heterocycles. The highest BCUT2D eigenvalue weighted by Gasteiger charge is 2.33. The summed E-state index contributed by atoms with van der Waals surface area (Å²) in [6, 6.07) is 4.50. The first-order valence-corrected chi connectivity index (χ1v) is 8.59. The lowest BCUT2D eigenvalue weighted by Gasteiger charge is -2.35. The number of hydrogen-bond acceptors (Lipinski definition) is 3. The standard InChI is InChI=1S/C14H20ClNO3S/c1-10-5-6-16(11(2)7-10)20(18,19)13-4-3-12(9-17)14(15)8-13/h3-4,8,10-11,17H,5-7,9H2,1-2H3. The molecule has 1 aliphatic rings. The van der Waals surface area contributed by atoms with Crippen molar-refractivity contribution >= 4 is 21.6 Å². The van der Waals surface area contributed by atoms with Crippen LogP contribution in [0.25, 0.3) is 0 Å². The first kappa shape index (κ1) is 15.8. The van der Waals surface area contributed by atoms with Crippen molar-refractivity contribution in [1.29, 1.82) is 0 Å². The lowest BCUT2D eigenvalue weighted by molar-refractivity contribution is 0.220. The van der Waals surface area contributed by atoms with Crippen molar-refractivity contribution < 1.29 is 13.5 Å². The molecule has 0 spiro atoms. The molecule has 0 aromatic heterocycles. The van der Waals surface area contributed by atoms with Gasteiger partial charge in [0.05, 0.1) is 11.5 Å². The third kappa shape index (κ3) is 3.01.